The van der Waals surface area contributed by atoms with E-state index in [1.54, 1.807) is 0 Å². The molecule has 0 aromatic carbocycles. The van der Waals surface area contributed by atoms with Crippen LogP contribution in [0.25, 0.3) is 24.3 Å². The molecule has 2 aliphatic heterocycles. The van der Waals surface area contributed by atoms with Crippen LogP contribution in [0.2, 0.25) is 0 Å². The van der Waals surface area contributed by atoms with Crippen molar-refractivity contribution in [2.75, 3.05) is 6.54 Å². The third-order valence-electron chi connectivity index (χ3n) is 8.46. The monoisotopic (exact) mass is 559 g/mol. The molecule has 6 rings (SSSR count). The number of fused-ring (bicyclic) bond motifs is 8. The van der Waals surface area contributed by atoms with Crippen molar-refractivity contribution >= 4 is 24.3 Å². The van der Waals surface area contributed by atoms with Gasteiger partial charge in [-0.05, 0) is 85.5 Å². The molecule has 0 spiro atoms. The number of aromatic nitrogens is 4. The van der Waals surface area contributed by atoms with E-state index in [0.717, 1.165) is 50.7 Å². The van der Waals surface area contributed by atoms with Crippen LogP contribution in [0, 0.1) is 0 Å². The highest BCUT2D eigenvalue weighted by Crippen LogP contribution is 2.24. The van der Waals surface area contributed by atoms with E-state index in [2.05, 4.69) is 123 Å². The standard InChI is InChI=1S/C37H45N5/c1-2-3-4-5-6-7-8-9-10-12-21-42-22-13-11-14-37(42)35-26-34-25-32-18-17-30(39-32)23-28-15-16-29(38-28)24-31-19-20-33(40-31)27-36(35)41-34/h11,13-20,22-27,37-41H,2-10,12,21H2,1H3. The number of unbranched alkanes of at least 4 members (excludes halogenated alkanes) is 9. The van der Waals surface area contributed by atoms with Crippen LogP contribution in [0.15, 0.2) is 66.9 Å². The van der Waals surface area contributed by atoms with Gasteiger partial charge in [-0.25, -0.2) is 0 Å². The maximum Gasteiger partial charge on any atom is 0.0745 e. The minimum absolute atomic E-state index is 0.200. The predicted molar refractivity (Wildman–Crippen MR) is 176 cm³/mol. The third-order valence-corrected chi connectivity index (χ3v) is 8.46. The van der Waals surface area contributed by atoms with Crippen molar-refractivity contribution in [1.29, 1.82) is 0 Å². The summed E-state index contributed by atoms with van der Waals surface area (Å²) in [6, 6.07) is 15.3. The van der Waals surface area contributed by atoms with Crippen LogP contribution >= 0.6 is 0 Å². The van der Waals surface area contributed by atoms with E-state index in [1.807, 2.05) is 0 Å². The molecule has 4 aromatic heterocycles. The normalized spacial score (nSPS) is 15.6. The molecule has 2 aliphatic rings. The number of hydrogen-bond donors (Lipinski definition) is 4. The second-order valence-electron chi connectivity index (χ2n) is 11.9. The highest BCUT2D eigenvalue weighted by Gasteiger charge is 2.19. The molecule has 4 N–H and O–H groups in total. The number of rotatable bonds is 12. The number of allylic oxidation sites excluding steroid dienone is 2. The molecule has 8 bridgehead atoms. The molecule has 5 nitrogen and oxygen atoms in total. The Bertz CT molecular complexity index is 1750. The first-order valence-corrected chi connectivity index (χ1v) is 16.0. The lowest BCUT2D eigenvalue weighted by atomic mass is 10.0. The summed E-state index contributed by atoms with van der Waals surface area (Å²) in [5.41, 5.74) is 5.61. The van der Waals surface area contributed by atoms with E-state index in [9.17, 15) is 0 Å². The molecule has 1 atom stereocenters. The molecule has 6 heterocycles. The number of aromatic amines is 4. The average molecular weight is 560 g/mol. The summed E-state index contributed by atoms with van der Waals surface area (Å²) in [7, 11) is 0. The van der Waals surface area contributed by atoms with Crippen LogP contribution in [0.1, 0.15) is 106 Å². The summed E-state index contributed by atoms with van der Waals surface area (Å²) in [4.78, 5) is 16.9. The van der Waals surface area contributed by atoms with Crippen LogP contribution in [0.4, 0.5) is 0 Å². The molecule has 1 unspecified atom stereocenters. The highest BCUT2D eigenvalue weighted by molar-refractivity contribution is 5.56. The Morgan fingerprint density at radius 3 is 1.79 bits per heavy atom. The van der Waals surface area contributed by atoms with Gasteiger partial charge in [0.1, 0.15) is 0 Å². The molecular weight excluding hydrogens is 514 g/mol. The van der Waals surface area contributed by atoms with Gasteiger partial charge in [-0.15, -0.1) is 0 Å². The van der Waals surface area contributed by atoms with Crippen LogP contribution in [-0.2, 0) is 0 Å². The Morgan fingerprint density at radius 2 is 1.14 bits per heavy atom. The summed E-state index contributed by atoms with van der Waals surface area (Å²) in [6.07, 6.45) is 31.3. The van der Waals surface area contributed by atoms with E-state index in [1.165, 1.54) is 69.8 Å². The third kappa shape index (κ3) is 7.20. The lowest BCUT2D eigenvalue weighted by Gasteiger charge is -2.30. The Hall–Kier alpha value is -4.12. The van der Waals surface area contributed by atoms with Crippen molar-refractivity contribution in [1.82, 2.24) is 24.8 Å². The van der Waals surface area contributed by atoms with Gasteiger partial charge in [-0.1, -0.05) is 76.9 Å². The number of nitrogens with zero attached hydrogens (tertiary/aromatic N) is 1. The van der Waals surface area contributed by atoms with Gasteiger partial charge in [0.25, 0.3) is 0 Å². The van der Waals surface area contributed by atoms with Crippen molar-refractivity contribution in [2.45, 2.75) is 77.2 Å². The fourth-order valence-corrected chi connectivity index (χ4v) is 6.21. The van der Waals surface area contributed by atoms with Crippen LogP contribution in [0.3, 0.4) is 0 Å². The largest absolute Gasteiger partial charge is 0.367 e. The van der Waals surface area contributed by atoms with Crippen LogP contribution in [0.5, 0.6) is 0 Å². The zero-order chi connectivity index (χ0) is 28.6. The smallest absolute Gasteiger partial charge is 0.0745 e. The van der Waals surface area contributed by atoms with Crippen molar-refractivity contribution in [3.63, 3.8) is 0 Å². The summed E-state index contributed by atoms with van der Waals surface area (Å²) >= 11 is 0. The SMILES string of the molecule is CCCCCCCCCCCCN1C=CC=CC1c1cc2[nH]c1=Cc1ccc([nH]1)C=c1ccc([nH]1)=Cc1ccc([nH]1)C=2. The highest BCUT2D eigenvalue weighted by atomic mass is 15.1. The topological polar surface area (TPSA) is 66.4 Å². The lowest BCUT2D eigenvalue weighted by molar-refractivity contribution is 0.310. The zero-order valence-corrected chi connectivity index (χ0v) is 25.0. The number of nitrogens with one attached hydrogen (secondary N) is 4. The maximum atomic E-state index is 3.73. The molecule has 0 amide bonds. The molecule has 42 heavy (non-hydrogen) atoms. The van der Waals surface area contributed by atoms with Gasteiger partial charge in [-0.3, -0.25) is 0 Å². The maximum absolute atomic E-state index is 3.73. The molecular formula is C37H45N5. The van der Waals surface area contributed by atoms with Gasteiger partial charge < -0.3 is 24.8 Å². The van der Waals surface area contributed by atoms with Gasteiger partial charge in [0.2, 0.25) is 0 Å². The second-order valence-corrected chi connectivity index (χ2v) is 11.9. The Kier molecular flexibility index (Phi) is 9.14. The van der Waals surface area contributed by atoms with Crippen LogP contribution < -0.4 is 21.4 Å². The van der Waals surface area contributed by atoms with E-state index in [4.69, 9.17) is 0 Å². The zero-order valence-electron chi connectivity index (χ0n) is 25.0. The predicted octanol–water partition coefficient (Wildman–Crippen LogP) is 5.98. The van der Waals surface area contributed by atoms with Crippen molar-refractivity contribution < 1.29 is 0 Å². The van der Waals surface area contributed by atoms with E-state index in [-0.39, 0.29) is 6.04 Å². The van der Waals surface area contributed by atoms with Gasteiger partial charge in [0.15, 0.2) is 0 Å². The van der Waals surface area contributed by atoms with Gasteiger partial charge in [0.05, 0.1) is 6.04 Å². The van der Waals surface area contributed by atoms with Crippen molar-refractivity contribution in [2.24, 2.45) is 0 Å². The summed E-state index contributed by atoms with van der Waals surface area (Å²) in [5, 5.41) is 4.38. The first-order valence-electron chi connectivity index (χ1n) is 16.0. The van der Waals surface area contributed by atoms with Gasteiger partial charge in [0, 0.05) is 56.3 Å². The van der Waals surface area contributed by atoms with Crippen LogP contribution in [-0.4, -0.2) is 31.4 Å². The first-order chi connectivity index (χ1) is 20.7. The molecule has 0 saturated heterocycles. The fourth-order valence-electron chi connectivity index (χ4n) is 6.21. The second kappa shape index (κ2) is 13.7. The Balaban J connectivity index is 1.22. The first kappa shape index (κ1) is 28.0. The summed E-state index contributed by atoms with van der Waals surface area (Å²) in [6.45, 7) is 3.36. The summed E-state index contributed by atoms with van der Waals surface area (Å²) in [5.74, 6) is 0. The van der Waals surface area contributed by atoms with Crippen molar-refractivity contribution in [3.05, 3.63) is 117 Å². The fraction of sp³-hybridized carbons (Fsp3) is 0.351. The molecule has 218 valence electrons. The lowest BCUT2D eigenvalue weighted by Crippen LogP contribution is -2.28. The molecule has 4 aromatic rings. The average Bonchev–Trinajstić information content (AvgIpc) is 3.80. The number of H-pyrrole nitrogens is 4. The Morgan fingerprint density at radius 1 is 0.571 bits per heavy atom. The minimum Gasteiger partial charge on any atom is -0.367 e. The molecule has 5 heteroatoms. The summed E-state index contributed by atoms with van der Waals surface area (Å²) < 4.78 is 0. The Labute approximate surface area is 249 Å². The van der Waals surface area contributed by atoms with Gasteiger partial charge >= 0.3 is 0 Å². The van der Waals surface area contributed by atoms with E-state index < -0.39 is 0 Å². The van der Waals surface area contributed by atoms with E-state index in [0.29, 0.717) is 0 Å². The molecule has 0 saturated carbocycles. The van der Waals surface area contributed by atoms with Crippen molar-refractivity contribution in [3.8, 4) is 0 Å². The van der Waals surface area contributed by atoms with E-state index >= 15 is 0 Å². The number of hydrogen-bond acceptors (Lipinski definition) is 1. The van der Waals surface area contributed by atoms with Gasteiger partial charge in [-0.2, -0.15) is 0 Å². The molecule has 0 fully saturated rings. The molecule has 0 aliphatic carbocycles. The molecule has 0 radical (unpaired) electrons. The quantitative estimate of drug-likeness (QED) is 0.140. The minimum atomic E-state index is 0.200.